The second-order valence-corrected chi connectivity index (χ2v) is 10.3. The molecule has 0 saturated carbocycles. The van der Waals surface area contributed by atoms with Crippen molar-refractivity contribution >= 4 is 49.0 Å². The Labute approximate surface area is 175 Å². The number of sulfonamides is 1. The number of carbonyl (C=O) groups is 2. The van der Waals surface area contributed by atoms with Crippen molar-refractivity contribution in [3.8, 4) is 0 Å². The summed E-state index contributed by atoms with van der Waals surface area (Å²) in [7, 11) is -3.58. The molecule has 10 heteroatoms. The molecule has 1 aromatic carbocycles. The molecule has 1 aliphatic rings. The van der Waals surface area contributed by atoms with E-state index in [1.807, 2.05) is 0 Å². The summed E-state index contributed by atoms with van der Waals surface area (Å²) in [6.07, 6.45) is -0.0882. The predicted molar refractivity (Wildman–Crippen MR) is 107 cm³/mol. The molecule has 150 valence electrons. The number of thiophene rings is 1. The van der Waals surface area contributed by atoms with Gasteiger partial charge in [-0.25, -0.2) is 8.42 Å². The number of ether oxygens (including phenoxy) is 2. The smallest absolute Gasteiger partial charge is 0.311 e. The lowest BCUT2D eigenvalue weighted by atomic mass is 10.1. The van der Waals surface area contributed by atoms with E-state index < -0.39 is 16.0 Å². The lowest BCUT2D eigenvalue weighted by Crippen LogP contribution is -2.40. The van der Waals surface area contributed by atoms with E-state index in [1.54, 1.807) is 30.3 Å². The minimum atomic E-state index is -3.58. The van der Waals surface area contributed by atoms with Gasteiger partial charge in [-0.3, -0.25) is 9.59 Å². The van der Waals surface area contributed by atoms with Gasteiger partial charge in [0.1, 0.15) is 4.21 Å². The van der Waals surface area contributed by atoms with E-state index in [9.17, 15) is 18.0 Å². The highest BCUT2D eigenvalue weighted by molar-refractivity contribution is 9.10. The summed E-state index contributed by atoms with van der Waals surface area (Å²) >= 11 is 4.32. The van der Waals surface area contributed by atoms with Crippen LogP contribution >= 0.6 is 27.3 Å². The molecular formula is C18H18BrNO6S2. The van der Waals surface area contributed by atoms with Gasteiger partial charge in [0.25, 0.3) is 10.0 Å². The lowest BCUT2D eigenvalue weighted by Gasteiger charge is -2.25. The zero-order valence-corrected chi connectivity index (χ0v) is 18.0. The van der Waals surface area contributed by atoms with Gasteiger partial charge < -0.3 is 9.47 Å². The Hall–Kier alpha value is -1.59. The molecule has 2 aromatic rings. The summed E-state index contributed by atoms with van der Waals surface area (Å²) in [6, 6.07) is 9.89. The molecule has 1 aromatic heterocycles. The number of halogens is 1. The molecule has 1 saturated heterocycles. The van der Waals surface area contributed by atoms with Crippen LogP contribution in [0.1, 0.15) is 15.2 Å². The SMILES string of the molecule is O=C(Cc1ccc(S(=O)(=O)N2CCOCC2)s1)OCC(=O)c1cccc(Br)c1. The average molecular weight is 488 g/mol. The molecule has 0 amide bonds. The minimum Gasteiger partial charge on any atom is -0.457 e. The van der Waals surface area contributed by atoms with Crippen molar-refractivity contribution in [2.75, 3.05) is 32.9 Å². The Kier molecular flexibility index (Phi) is 7.00. The number of nitrogens with zero attached hydrogens (tertiary/aromatic N) is 1. The maximum atomic E-state index is 12.6. The summed E-state index contributed by atoms with van der Waals surface area (Å²) in [4.78, 5) is 24.7. The number of hydrogen-bond donors (Lipinski definition) is 0. The molecule has 1 fully saturated rings. The highest BCUT2D eigenvalue weighted by Crippen LogP contribution is 2.26. The van der Waals surface area contributed by atoms with Crippen LogP contribution in [-0.4, -0.2) is 57.4 Å². The maximum absolute atomic E-state index is 12.6. The predicted octanol–water partition coefficient (Wildman–Crippen LogP) is 2.50. The first-order valence-electron chi connectivity index (χ1n) is 8.47. The van der Waals surface area contributed by atoms with Crippen LogP contribution in [0.3, 0.4) is 0 Å². The summed E-state index contributed by atoms with van der Waals surface area (Å²) in [6.45, 7) is 1.01. The Morgan fingerprint density at radius 2 is 1.93 bits per heavy atom. The number of morpholine rings is 1. The summed E-state index contributed by atoms with van der Waals surface area (Å²) < 4.78 is 37.7. The molecule has 0 aliphatic carbocycles. The Morgan fingerprint density at radius 1 is 1.18 bits per heavy atom. The number of ketones is 1. The zero-order chi connectivity index (χ0) is 20.1. The molecule has 2 heterocycles. The van der Waals surface area contributed by atoms with E-state index in [-0.39, 0.29) is 23.0 Å². The molecule has 1 aliphatic heterocycles. The summed E-state index contributed by atoms with van der Waals surface area (Å²) in [5, 5.41) is 0. The van der Waals surface area contributed by atoms with Crippen LogP contribution in [0.2, 0.25) is 0 Å². The molecule has 7 nitrogen and oxygen atoms in total. The number of hydrogen-bond acceptors (Lipinski definition) is 7. The van der Waals surface area contributed by atoms with Gasteiger partial charge in [-0.05, 0) is 24.3 Å². The fourth-order valence-electron chi connectivity index (χ4n) is 2.59. The fraction of sp³-hybridized carbons (Fsp3) is 0.333. The Morgan fingerprint density at radius 3 is 2.64 bits per heavy atom. The van der Waals surface area contributed by atoms with Gasteiger partial charge in [-0.15, -0.1) is 11.3 Å². The van der Waals surface area contributed by atoms with Crippen LogP contribution in [0, 0.1) is 0 Å². The van der Waals surface area contributed by atoms with Gasteiger partial charge in [0.15, 0.2) is 12.4 Å². The number of benzene rings is 1. The first kappa shape index (κ1) is 21.1. The largest absolute Gasteiger partial charge is 0.457 e. The fourth-order valence-corrected chi connectivity index (χ4v) is 5.89. The van der Waals surface area contributed by atoms with E-state index in [1.165, 1.54) is 10.4 Å². The van der Waals surface area contributed by atoms with Crippen LogP contribution in [0.4, 0.5) is 0 Å². The van der Waals surface area contributed by atoms with Gasteiger partial charge in [0, 0.05) is 28.0 Å². The second kappa shape index (κ2) is 9.27. The molecule has 3 rings (SSSR count). The molecule has 0 radical (unpaired) electrons. The summed E-state index contributed by atoms with van der Waals surface area (Å²) in [5.41, 5.74) is 0.442. The quantitative estimate of drug-likeness (QED) is 0.440. The van der Waals surface area contributed by atoms with Crippen molar-refractivity contribution < 1.29 is 27.5 Å². The van der Waals surface area contributed by atoms with Gasteiger partial charge in [0.05, 0.1) is 19.6 Å². The monoisotopic (exact) mass is 487 g/mol. The lowest BCUT2D eigenvalue weighted by molar-refractivity contribution is -0.141. The highest BCUT2D eigenvalue weighted by Gasteiger charge is 2.28. The van der Waals surface area contributed by atoms with Crippen molar-refractivity contribution in [3.63, 3.8) is 0 Å². The maximum Gasteiger partial charge on any atom is 0.311 e. The Bertz CT molecular complexity index is 966. The number of esters is 1. The van der Waals surface area contributed by atoms with E-state index in [0.29, 0.717) is 36.7 Å². The second-order valence-electron chi connectivity index (χ2n) is 6.01. The van der Waals surface area contributed by atoms with Gasteiger partial charge in [-0.1, -0.05) is 28.1 Å². The average Bonchev–Trinajstić information content (AvgIpc) is 3.16. The third kappa shape index (κ3) is 5.26. The van der Waals surface area contributed by atoms with Gasteiger partial charge in [-0.2, -0.15) is 4.31 Å². The Balaban J connectivity index is 1.56. The first-order valence-corrected chi connectivity index (χ1v) is 11.5. The standard InChI is InChI=1S/C18H18BrNO6S2/c19-14-3-1-2-13(10-14)16(21)12-26-17(22)11-15-4-5-18(27-15)28(23,24)20-6-8-25-9-7-20/h1-5,10H,6-9,11-12H2. The van der Waals surface area contributed by atoms with Crippen molar-refractivity contribution in [3.05, 3.63) is 51.3 Å². The number of rotatable bonds is 7. The van der Waals surface area contributed by atoms with Crippen molar-refractivity contribution in [2.45, 2.75) is 10.6 Å². The molecule has 0 atom stereocenters. The molecular weight excluding hydrogens is 470 g/mol. The van der Waals surface area contributed by atoms with Crippen molar-refractivity contribution in [1.82, 2.24) is 4.31 Å². The minimum absolute atomic E-state index is 0.0882. The van der Waals surface area contributed by atoms with Gasteiger partial charge in [0.2, 0.25) is 0 Å². The topological polar surface area (TPSA) is 90.0 Å². The molecule has 0 N–H and O–H groups in total. The van der Waals surface area contributed by atoms with E-state index in [2.05, 4.69) is 15.9 Å². The molecule has 0 bridgehead atoms. The first-order chi connectivity index (χ1) is 13.4. The van der Waals surface area contributed by atoms with E-state index >= 15 is 0 Å². The van der Waals surface area contributed by atoms with E-state index in [0.717, 1.165) is 15.8 Å². The van der Waals surface area contributed by atoms with Crippen LogP contribution in [0.5, 0.6) is 0 Å². The molecule has 0 spiro atoms. The van der Waals surface area contributed by atoms with Crippen LogP contribution in [-0.2, 0) is 30.7 Å². The van der Waals surface area contributed by atoms with E-state index in [4.69, 9.17) is 9.47 Å². The highest BCUT2D eigenvalue weighted by atomic mass is 79.9. The summed E-state index contributed by atoms with van der Waals surface area (Å²) in [5.74, 6) is -0.892. The number of carbonyl (C=O) groups excluding carboxylic acids is 2. The third-order valence-electron chi connectivity index (χ3n) is 4.03. The van der Waals surface area contributed by atoms with Gasteiger partial charge >= 0.3 is 5.97 Å². The van der Waals surface area contributed by atoms with Crippen molar-refractivity contribution in [2.24, 2.45) is 0 Å². The third-order valence-corrected chi connectivity index (χ3v) is 7.98. The number of Topliss-reactive ketones (excluding diaryl/α,β-unsaturated/α-hetero) is 1. The molecule has 28 heavy (non-hydrogen) atoms. The zero-order valence-electron chi connectivity index (χ0n) is 14.8. The van der Waals surface area contributed by atoms with Crippen LogP contribution < -0.4 is 0 Å². The van der Waals surface area contributed by atoms with Crippen molar-refractivity contribution in [1.29, 1.82) is 0 Å². The normalized spacial score (nSPS) is 15.3. The molecule has 0 unspecified atom stereocenters. The van der Waals surface area contributed by atoms with Crippen LogP contribution in [0.25, 0.3) is 0 Å². The van der Waals surface area contributed by atoms with Crippen LogP contribution in [0.15, 0.2) is 45.1 Å².